The van der Waals surface area contributed by atoms with E-state index >= 15 is 0 Å². The molecule has 3 rings (SSSR count). The van der Waals surface area contributed by atoms with Crippen LogP contribution in [-0.2, 0) is 6.54 Å². The van der Waals surface area contributed by atoms with Crippen molar-refractivity contribution in [2.75, 3.05) is 0 Å². The van der Waals surface area contributed by atoms with E-state index < -0.39 is 0 Å². The van der Waals surface area contributed by atoms with Crippen molar-refractivity contribution < 1.29 is 4.42 Å². The molecular formula is C14H19N3O. The maximum absolute atomic E-state index is 5.87. The summed E-state index contributed by atoms with van der Waals surface area (Å²) in [6, 6.07) is 7.12. The molecule has 0 saturated heterocycles. The molecule has 0 atom stereocenters. The first-order valence-electron chi connectivity index (χ1n) is 6.60. The van der Waals surface area contributed by atoms with Crippen LogP contribution >= 0.6 is 0 Å². The summed E-state index contributed by atoms with van der Waals surface area (Å²) in [6.45, 7) is 5.06. The van der Waals surface area contributed by atoms with Crippen LogP contribution < -0.4 is 5.32 Å². The summed E-state index contributed by atoms with van der Waals surface area (Å²) < 4.78 is 7.86. The van der Waals surface area contributed by atoms with Gasteiger partial charge < -0.3 is 9.73 Å². The maximum Gasteiger partial charge on any atom is 0.152 e. The van der Waals surface area contributed by atoms with Crippen molar-refractivity contribution in [1.29, 1.82) is 0 Å². The summed E-state index contributed by atoms with van der Waals surface area (Å²) >= 11 is 0. The van der Waals surface area contributed by atoms with Gasteiger partial charge in [-0.3, -0.25) is 4.68 Å². The first kappa shape index (κ1) is 11.5. The zero-order valence-corrected chi connectivity index (χ0v) is 10.9. The van der Waals surface area contributed by atoms with Crippen molar-refractivity contribution in [3.8, 4) is 11.5 Å². The maximum atomic E-state index is 5.87. The van der Waals surface area contributed by atoms with Crippen LogP contribution in [-0.4, -0.2) is 15.8 Å². The van der Waals surface area contributed by atoms with E-state index in [1.54, 1.807) is 0 Å². The van der Waals surface area contributed by atoms with Gasteiger partial charge in [0.15, 0.2) is 5.76 Å². The Morgan fingerprint density at radius 1 is 1.39 bits per heavy atom. The van der Waals surface area contributed by atoms with Crippen LogP contribution in [0.4, 0.5) is 0 Å². The summed E-state index contributed by atoms with van der Waals surface area (Å²) in [4.78, 5) is 0. The van der Waals surface area contributed by atoms with Crippen molar-refractivity contribution in [3.05, 3.63) is 30.2 Å². The molecule has 2 heterocycles. The molecule has 4 nitrogen and oxygen atoms in total. The second kappa shape index (κ2) is 4.61. The Hall–Kier alpha value is -1.55. The molecule has 0 spiro atoms. The number of furan rings is 1. The van der Waals surface area contributed by atoms with Gasteiger partial charge in [0, 0.05) is 18.3 Å². The van der Waals surface area contributed by atoms with Gasteiger partial charge >= 0.3 is 0 Å². The van der Waals surface area contributed by atoms with Gasteiger partial charge in [0.2, 0.25) is 0 Å². The van der Waals surface area contributed by atoms with Crippen LogP contribution in [0.1, 0.15) is 38.5 Å². The Labute approximate surface area is 107 Å². The Balaban J connectivity index is 1.76. The molecule has 1 fully saturated rings. The highest BCUT2D eigenvalue weighted by Gasteiger charge is 2.20. The van der Waals surface area contributed by atoms with E-state index in [4.69, 9.17) is 4.42 Å². The largest absolute Gasteiger partial charge is 0.458 e. The summed E-state index contributed by atoms with van der Waals surface area (Å²) in [5.74, 6) is 1.89. The van der Waals surface area contributed by atoms with Gasteiger partial charge in [-0.15, -0.1) is 0 Å². The number of rotatable bonds is 5. The molecule has 2 aromatic heterocycles. The molecule has 0 aromatic carbocycles. The third kappa shape index (κ3) is 2.34. The van der Waals surface area contributed by atoms with Gasteiger partial charge in [-0.25, -0.2) is 0 Å². The monoisotopic (exact) mass is 245 g/mol. The SMILES string of the molecule is CC(C)n1nccc1-c1ccc(CNC2CC2)o1. The van der Waals surface area contributed by atoms with E-state index in [2.05, 4.69) is 24.3 Å². The molecule has 2 aromatic rings. The number of hydrogen-bond donors (Lipinski definition) is 1. The fraction of sp³-hybridized carbons (Fsp3) is 0.500. The van der Waals surface area contributed by atoms with E-state index in [-0.39, 0.29) is 0 Å². The Bertz CT molecular complexity index is 523. The molecule has 4 heteroatoms. The van der Waals surface area contributed by atoms with Crippen molar-refractivity contribution in [1.82, 2.24) is 15.1 Å². The summed E-state index contributed by atoms with van der Waals surface area (Å²) in [7, 11) is 0. The van der Waals surface area contributed by atoms with Gasteiger partial charge in [0.05, 0.1) is 6.54 Å². The number of nitrogens with zero attached hydrogens (tertiary/aromatic N) is 2. The lowest BCUT2D eigenvalue weighted by Crippen LogP contribution is -2.14. The lowest BCUT2D eigenvalue weighted by atomic mass is 10.3. The number of aromatic nitrogens is 2. The highest BCUT2D eigenvalue weighted by Crippen LogP contribution is 2.25. The molecule has 0 unspecified atom stereocenters. The van der Waals surface area contributed by atoms with Crippen molar-refractivity contribution >= 4 is 0 Å². The zero-order chi connectivity index (χ0) is 12.5. The summed E-state index contributed by atoms with van der Waals surface area (Å²) in [5, 5.41) is 7.78. The molecule has 0 bridgehead atoms. The Morgan fingerprint density at radius 2 is 2.22 bits per heavy atom. The molecule has 18 heavy (non-hydrogen) atoms. The third-order valence-corrected chi connectivity index (χ3v) is 3.22. The highest BCUT2D eigenvalue weighted by molar-refractivity contribution is 5.52. The average Bonchev–Trinajstić information content (AvgIpc) is 2.88. The lowest BCUT2D eigenvalue weighted by Gasteiger charge is -2.08. The van der Waals surface area contributed by atoms with Gasteiger partial charge in [-0.2, -0.15) is 5.10 Å². The van der Waals surface area contributed by atoms with Crippen molar-refractivity contribution in [2.24, 2.45) is 0 Å². The van der Waals surface area contributed by atoms with Gasteiger partial charge in [-0.05, 0) is 44.9 Å². The van der Waals surface area contributed by atoms with Crippen LogP contribution in [0.3, 0.4) is 0 Å². The summed E-state index contributed by atoms with van der Waals surface area (Å²) in [6.07, 6.45) is 4.42. The summed E-state index contributed by atoms with van der Waals surface area (Å²) in [5.41, 5.74) is 1.04. The minimum Gasteiger partial charge on any atom is -0.458 e. The lowest BCUT2D eigenvalue weighted by molar-refractivity contribution is 0.478. The molecular weight excluding hydrogens is 226 g/mol. The predicted molar refractivity (Wildman–Crippen MR) is 70.2 cm³/mol. The first-order valence-corrected chi connectivity index (χ1v) is 6.60. The quantitative estimate of drug-likeness (QED) is 0.880. The average molecular weight is 245 g/mol. The second-order valence-electron chi connectivity index (χ2n) is 5.18. The van der Waals surface area contributed by atoms with Crippen LogP contribution in [0.5, 0.6) is 0 Å². The fourth-order valence-corrected chi connectivity index (χ4v) is 2.06. The first-order chi connectivity index (χ1) is 8.74. The van der Waals surface area contributed by atoms with Crippen LogP contribution in [0.15, 0.2) is 28.8 Å². The predicted octanol–water partition coefficient (Wildman–Crippen LogP) is 2.98. The van der Waals surface area contributed by atoms with Crippen LogP contribution in [0.2, 0.25) is 0 Å². The molecule has 1 aliphatic rings. The van der Waals surface area contributed by atoms with Crippen LogP contribution in [0.25, 0.3) is 11.5 Å². The van der Waals surface area contributed by atoms with E-state index in [1.807, 2.05) is 29.1 Å². The van der Waals surface area contributed by atoms with Gasteiger partial charge in [0.1, 0.15) is 11.5 Å². The van der Waals surface area contributed by atoms with Gasteiger partial charge in [0.25, 0.3) is 0 Å². The molecule has 0 radical (unpaired) electrons. The molecule has 96 valence electrons. The third-order valence-electron chi connectivity index (χ3n) is 3.22. The topological polar surface area (TPSA) is 43.0 Å². The standard InChI is InChI=1S/C14H19N3O/c1-10(2)17-13(7-8-16-17)14-6-5-12(18-14)9-15-11-3-4-11/h5-8,10-11,15H,3-4,9H2,1-2H3. The fourth-order valence-electron chi connectivity index (χ4n) is 2.06. The molecule has 1 aliphatic carbocycles. The zero-order valence-electron chi connectivity index (χ0n) is 10.9. The molecule has 0 amide bonds. The number of hydrogen-bond acceptors (Lipinski definition) is 3. The highest BCUT2D eigenvalue weighted by atomic mass is 16.3. The minimum absolute atomic E-state index is 0.341. The van der Waals surface area contributed by atoms with E-state index in [0.29, 0.717) is 12.1 Å². The number of nitrogens with one attached hydrogen (secondary N) is 1. The second-order valence-corrected chi connectivity index (χ2v) is 5.18. The molecule has 1 saturated carbocycles. The van der Waals surface area contributed by atoms with E-state index in [9.17, 15) is 0 Å². The van der Waals surface area contributed by atoms with Crippen molar-refractivity contribution in [3.63, 3.8) is 0 Å². The normalized spacial score (nSPS) is 15.5. The van der Waals surface area contributed by atoms with E-state index in [0.717, 1.165) is 23.8 Å². The van der Waals surface area contributed by atoms with E-state index in [1.165, 1.54) is 12.8 Å². The molecule has 1 N–H and O–H groups in total. The Morgan fingerprint density at radius 3 is 2.94 bits per heavy atom. The van der Waals surface area contributed by atoms with Crippen LogP contribution in [0, 0.1) is 0 Å². The Kier molecular flexibility index (Phi) is 2.96. The smallest absolute Gasteiger partial charge is 0.152 e. The van der Waals surface area contributed by atoms with Gasteiger partial charge in [-0.1, -0.05) is 0 Å². The minimum atomic E-state index is 0.341. The van der Waals surface area contributed by atoms with Crippen molar-refractivity contribution in [2.45, 2.75) is 45.3 Å². The molecule has 0 aliphatic heterocycles.